The zero-order valence-corrected chi connectivity index (χ0v) is 18.4. The van der Waals surface area contributed by atoms with E-state index >= 15 is 0 Å². The van der Waals surface area contributed by atoms with Crippen molar-refractivity contribution in [1.82, 2.24) is 0 Å². The van der Waals surface area contributed by atoms with Crippen molar-refractivity contribution in [3.05, 3.63) is 83.4 Å². The minimum atomic E-state index is -0.129. The number of carbonyl (C=O) groups excluding carboxylic acids is 1. The fourth-order valence-electron chi connectivity index (χ4n) is 3.16. The lowest BCUT2D eigenvalue weighted by Gasteiger charge is -2.10. The number of para-hydroxylation sites is 4. The molecular weight excluding hydrogens is 430 g/mol. The number of halogens is 1. The summed E-state index contributed by atoms with van der Waals surface area (Å²) in [6, 6.07) is 22.7. The summed E-state index contributed by atoms with van der Waals surface area (Å²) >= 11 is 7.59. The number of benzene rings is 3. The van der Waals surface area contributed by atoms with Gasteiger partial charge in [0.25, 0.3) is 0 Å². The minimum Gasteiger partial charge on any atom is -0.495 e. The highest BCUT2D eigenvalue weighted by Crippen LogP contribution is 2.33. The van der Waals surface area contributed by atoms with Crippen LogP contribution in [0.1, 0.15) is 12.0 Å². The van der Waals surface area contributed by atoms with Crippen molar-refractivity contribution in [2.45, 2.75) is 6.42 Å². The van der Waals surface area contributed by atoms with E-state index in [9.17, 15) is 4.79 Å². The number of methoxy groups -OCH3 is 1. The molecule has 0 atom stereocenters. The Morgan fingerprint density at radius 2 is 1.77 bits per heavy atom. The molecule has 1 amide bonds. The van der Waals surface area contributed by atoms with Gasteiger partial charge in [0.05, 0.1) is 40.7 Å². The van der Waals surface area contributed by atoms with Gasteiger partial charge in [-0.15, -0.1) is 11.8 Å². The third kappa shape index (κ3) is 5.34. The SMILES string of the molecule is COc1ccccc1NC(=O)CSC1=Nc2ccccc2N=C(c2cccc(Cl)c2)C1. The minimum absolute atomic E-state index is 0.129. The second kappa shape index (κ2) is 9.81. The number of anilines is 1. The molecule has 156 valence electrons. The molecule has 0 unspecified atom stereocenters. The Kier molecular flexibility index (Phi) is 6.70. The number of hydrogen-bond donors (Lipinski definition) is 1. The maximum Gasteiger partial charge on any atom is 0.234 e. The number of amides is 1. The van der Waals surface area contributed by atoms with E-state index in [-0.39, 0.29) is 11.7 Å². The number of nitrogens with zero attached hydrogens (tertiary/aromatic N) is 2. The van der Waals surface area contributed by atoms with Crippen LogP contribution in [0.4, 0.5) is 17.1 Å². The molecule has 1 aliphatic rings. The van der Waals surface area contributed by atoms with E-state index in [2.05, 4.69) is 5.32 Å². The van der Waals surface area contributed by atoms with Crippen molar-refractivity contribution in [3.8, 4) is 5.75 Å². The molecule has 1 N–H and O–H groups in total. The van der Waals surface area contributed by atoms with Crippen molar-refractivity contribution in [1.29, 1.82) is 0 Å². The van der Waals surface area contributed by atoms with Gasteiger partial charge in [0.15, 0.2) is 0 Å². The Hall–Kier alpha value is -3.09. The molecule has 0 radical (unpaired) electrons. The highest BCUT2D eigenvalue weighted by Gasteiger charge is 2.17. The van der Waals surface area contributed by atoms with Crippen LogP contribution < -0.4 is 10.1 Å². The lowest BCUT2D eigenvalue weighted by atomic mass is 10.1. The van der Waals surface area contributed by atoms with Gasteiger partial charge in [-0.05, 0) is 42.0 Å². The highest BCUT2D eigenvalue weighted by molar-refractivity contribution is 8.14. The molecule has 0 bridgehead atoms. The van der Waals surface area contributed by atoms with Crippen LogP contribution in [0.15, 0.2) is 82.8 Å². The van der Waals surface area contributed by atoms with Gasteiger partial charge in [0.1, 0.15) is 5.75 Å². The van der Waals surface area contributed by atoms with Crippen molar-refractivity contribution in [2.75, 3.05) is 18.2 Å². The van der Waals surface area contributed by atoms with Crippen molar-refractivity contribution >= 4 is 57.1 Å². The third-order valence-corrected chi connectivity index (χ3v) is 5.82. The Balaban J connectivity index is 1.53. The van der Waals surface area contributed by atoms with Gasteiger partial charge in [0, 0.05) is 11.4 Å². The highest BCUT2D eigenvalue weighted by atomic mass is 35.5. The molecule has 3 aromatic carbocycles. The summed E-state index contributed by atoms with van der Waals surface area (Å²) in [4.78, 5) is 22.2. The number of hydrogen-bond acceptors (Lipinski definition) is 5. The van der Waals surface area contributed by atoms with Crippen molar-refractivity contribution < 1.29 is 9.53 Å². The molecule has 0 aromatic heterocycles. The maximum absolute atomic E-state index is 12.6. The van der Waals surface area contributed by atoms with Crippen LogP contribution >= 0.6 is 23.4 Å². The number of aliphatic imine (C=N–C) groups is 2. The van der Waals surface area contributed by atoms with Gasteiger partial charge in [0.2, 0.25) is 5.91 Å². The molecule has 4 rings (SSSR count). The molecule has 0 spiro atoms. The van der Waals surface area contributed by atoms with Gasteiger partial charge < -0.3 is 10.1 Å². The zero-order chi connectivity index (χ0) is 21.6. The van der Waals surface area contributed by atoms with Gasteiger partial charge in [-0.1, -0.05) is 48.0 Å². The summed E-state index contributed by atoms with van der Waals surface area (Å²) in [6.07, 6.45) is 0.516. The molecule has 1 aliphatic heterocycles. The van der Waals surface area contributed by atoms with Gasteiger partial charge in [-0.2, -0.15) is 0 Å². The third-order valence-electron chi connectivity index (χ3n) is 4.61. The van der Waals surface area contributed by atoms with Crippen LogP contribution in [0, 0.1) is 0 Å². The molecule has 0 fully saturated rings. The van der Waals surface area contributed by atoms with Crippen LogP contribution in [-0.4, -0.2) is 29.5 Å². The second-order valence-corrected chi connectivity index (χ2v) is 8.26. The monoisotopic (exact) mass is 449 g/mol. The first-order valence-corrected chi connectivity index (χ1v) is 11.0. The molecule has 31 heavy (non-hydrogen) atoms. The molecule has 5 nitrogen and oxygen atoms in total. The lowest BCUT2D eigenvalue weighted by Crippen LogP contribution is -2.16. The summed E-state index contributed by atoms with van der Waals surface area (Å²) < 4.78 is 5.30. The number of carbonyl (C=O) groups is 1. The van der Waals surface area contributed by atoms with E-state index in [4.69, 9.17) is 26.3 Å². The van der Waals surface area contributed by atoms with Crippen molar-refractivity contribution in [2.24, 2.45) is 9.98 Å². The molecule has 0 saturated carbocycles. The first-order chi connectivity index (χ1) is 15.1. The Morgan fingerprint density at radius 1 is 1.03 bits per heavy atom. The second-order valence-electron chi connectivity index (χ2n) is 6.78. The number of rotatable bonds is 5. The molecule has 3 aromatic rings. The van der Waals surface area contributed by atoms with Crippen LogP contribution in [-0.2, 0) is 4.79 Å². The Morgan fingerprint density at radius 3 is 2.55 bits per heavy atom. The largest absolute Gasteiger partial charge is 0.495 e. The number of fused-ring (bicyclic) bond motifs is 1. The maximum atomic E-state index is 12.6. The first-order valence-electron chi connectivity index (χ1n) is 9.68. The number of nitrogens with one attached hydrogen (secondary N) is 1. The Bertz CT molecular complexity index is 1180. The first kappa shape index (κ1) is 21.2. The topological polar surface area (TPSA) is 63.0 Å². The Labute approximate surface area is 190 Å². The summed E-state index contributed by atoms with van der Waals surface area (Å²) in [6.45, 7) is 0. The van der Waals surface area contributed by atoms with E-state index in [1.807, 2.05) is 72.8 Å². The van der Waals surface area contributed by atoms with Crippen LogP contribution in [0.5, 0.6) is 5.75 Å². The molecule has 7 heteroatoms. The quantitative estimate of drug-likeness (QED) is 0.498. The van der Waals surface area contributed by atoms with E-state index in [0.29, 0.717) is 22.9 Å². The molecule has 0 saturated heterocycles. The van der Waals surface area contributed by atoms with E-state index in [1.54, 1.807) is 7.11 Å². The van der Waals surface area contributed by atoms with E-state index in [0.717, 1.165) is 27.7 Å². The predicted octanol–water partition coefficient (Wildman–Crippen LogP) is 6.28. The van der Waals surface area contributed by atoms with Crippen LogP contribution in [0.25, 0.3) is 0 Å². The molecule has 0 aliphatic carbocycles. The van der Waals surface area contributed by atoms with E-state index < -0.39 is 0 Å². The van der Waals surface area contributed by atoms with Crippen LogP contribution in [0.2, 0.25) is 5.02 Å². The molecule has 1 heterocycles. The normalized spacial score (nSPS) is 12.8. The number of thioether (sulfide) groups is 1. The summed E-state index contributed by atoms with van der Waals surface area (Å²) in [5.41, 5.74) is 4.03. The summed E-state index contributed by atoms with van der Waals surface area (Å²) in [5, 5.41) is 4.37. The standard InChI is InChI=1S/C24H20ClN3O2S/c1-30-22-12-5-4-11-20(22)27-23(29)15-31-24-14-21(16-7-6-8-17(25)13-16)26-18-9-2-3-10-19(18)28-24/h2-13H,14-15H2,1H3,(H,27,29). The summed E-state index contributed by atoms with van der Waals surface area (Å²) in [7, 11) is 1.58. The zero-order valence-electron chi connectivity index (χ0n) is 16.8. The summed E-state index contributed by atoms with van der Waals surface area (Å²) in [5.74, 6) is 0.718. The average Bonchev–Trinajstić information content (AvgIpc) is 2.97. The fraction of sp³-hybridized carbons (Fsp3) is 0.125. The van der Waals surface area contributed by atoms with Gasteiger partial charge in [-0.3, -0.25) is 9.79 Å². The fourth-order valence-corrected chi connectivity index (χ4v) is 4.12. The van der Waals surface area contributed by atoms with Crippen molar-refractivity contribution in [3.63, 3.8) is 0 Å². The predicted molar refractivity (Wildman–Crippen MR) is 130 cm³/mol. The van der Waals surface area contributed by atoms with E-state index in [1.165, 1.54) is 11.8 Å². The molecular formula is C24H20ClN3O2S. The number of ether oxygens (including phenoxy) is 1. The average molecular weight is 450 g/mol. The van der Waals surface area contributed by atoms with Gasteiger partial charge >= 0.3 is 0 Å². The smallest absolute Gasteiger partial charge is 0.234 e. The van der Waals surface area contributed by atoms with Crippen LogP contribution in [0.3, 0.4) is 0 Å². The lowest BCUT2D eigenvalue weighted by molar-refractivity contribution is -0.113. The van der Waals surface area contributed by atoms with Gasteiger partial charge in [-0.25, -0.2) is 4.99 Å².